The Bertz CT molecular complexity index is 447. The molecular formula is C11H11ClN2O3. The van der Waals surface area contributed by atoms with E-state index >= 15 is 0 Å². The van der Waals surface area contributed by atoms with Gasteiger partial charge in [-0.25, -0.2) is 0 Å². The van der Waals surface area contributed by atoms with Crippen molar-refractivity contribution in [3.05, 3.63) is 24.3 Å². The maximum Gasteiger partial charge on any atom is 0.342 e. The van der Waals surface area contributed by atoms with Crippen molar-refractivity contribution in [1.82, 2.24) is 5.01 Å². The molecule has 1 aliphatic heterocycles. The lowest BCUT2D eigenvalue weighted by Gasteiger charge is -2.25. The molecule has 2 amide bonds. The zero-order valence-corrected chi connectivity index (χ0v) is 9.98. The van der Waals surface area contributed by atoms with Crippen LogP contribution in [0.25, 0.3) is 0 Å². The normalized spacial score (nSPS) is 15.3. The number of rotatable bonds is 2. The lowest BCUT2D eigenvalue weighted by Crippen LogP contribution is -2.40. The Morgan fingerprint density at radius 1 is 1.35 bits per heavy atom. The summed E-state index contributed by atoms with van der Waals surface area (Å²) in [5, 5.41) is 1.71. The summed E-state index contributed by atoms with van der Waals surface area (Å²) in [6, 6.07) is 7.05. The van der Waals surface area contributed by atoms with Crippen LogP contribution in [0.2, 0.25) is 0 Å². The molecule has 0 aliphatic carbocycles. The van der Waals surface area contributed by atoms with Crippen molar-refractivity contribution >= 4 is 28.6 Å². The summed E-state index contributed by atoms with van der Waals surface area (Å²) >= 11 is 5.38. The van der Waals surface area contributed by atoms with Crippen LogP contribution in [0, 0.1) is 0 Å². The van der Waals surface area contributed by atoms with Gasteiger partial charge in [0.2, 0.25) is 0 Å². The number of imide groups is 1. The summed E-state index contributed by atoms with van der Waals surface area (Å²) in [5.74, 6) is 0.420. The van der Waals surface area contributed by atoms with E-state index in [-0.39, 0.29) is 12.3 Å². The summed E-state index contributed by atoms with van der Waals surface area (Å²) in [5.41, 5.74) is 0.727. The quantitative estimate of drug-likeness (QED) is 0.598. The van der Waals surface area contributed by atoms with E-state index in [4.69, 9.17) is 16.3 Å². The molecule has 90 valence electrons. The van der Waals surface area contributed by atoms with E-state index in [2.05, 4.69) is 0 Å². The van der Waals surface area contributed by atoms with Crippen LogP contribution < -0.4 is 9.75 Å². The van der Waals surface area contributed by atoms with Gasteiger partial charge >= 0.3 is 5.37 Å². The first-order valence-corrected chi connectivity index (χ1v) is 5.45. The Labute approximate surface area is 103 Å². The van der Waals surface area contributed by atoms with Gasteiger partial charge < -0.3 is 4.74 Å². The third kappa shape index (κ3) is 2.19. The van der Waals surface area contributed by atoms with Gasteiger partial charge in [-0.3, -0.25) is 14.6 Å². The summed E-state index contributed by atoms with van der Waals surface area (Å²) in [6.45, 7) is 0.448. The second-order valence-electron chi connectivity index (χ2n) is 3.53. The number of anilines is 1. The van der Waals surface area contributed by atoms with E-state index < -0.39 is 5.37 Å². The van der Waals surface area contributed by atoms with E-state index in [9.17, 15) is 9.59 Å². The molecule has 1 saturated heterocycles. The minimum Gasteiger partial charge on any atom is -0.497 e. The molecule has 6 heteroatoms. The van der Waals surface area contributed by atoms with E-state index in [0.717, 1.165) is 10.7 Å². The minimum atomic E-state index is -0.789. The molecular weight excluding hydrogens is 244 g/mol. The number of carbonyl (C=O) groups is 2. The standard InChI is InChI=1S/C11H11ClN2O3/c1-17-9-4-2-8(3-5-9)13-7-6-10(15)14(13)11(12)16/h2-5H,6-7H2,1H3. The van der Waals surface area contributed by atoms with E-state index in [1.54, 1.807) is 36.4 Å². The number of nitrogens with zero attached hydrogens (tertiary/aromatic N) is 2. The molecule has 0 N–H and O–H groups in total. The Morgan fingerprint density at radius 2 is 2.00 bits per heavy atom. The first-order chi connectivity index (χ1) is 8.13. The fourth-order valence-electron chi connectivity index (χ4n) is 1.73. The maximum atomic E-state index is 11.5. The van der Waals surface area contributed by atoms with Crippen LogP contribution in [0.15, 0.2) is 24.3 Å². The Hall–Kier alpha value is -1.75. The number of halogens is 1. The molecule has 1 heterocycles. The summed E-state index contributed by atoms with van der Waals surface area (Å²) in [7, 11) is 1.57. The molecule has 0 saturated carbocycles. The Morgan fingerprint density at radius 3 is 2.53 bits per heavy atom. The molecule has 0 bridgehead atoms. The Kier molecular flexibility index (Phi) is 3.19. The average molecular weight is 255 g/mol. The Balaban J connectivity index is 2.26. The van der Waals surface area contributed by atoms with Gasteiger partial charge in [0.05, 0.1) is 12.8 Å². The molecule has 1 fully saturated rings. The number of methoxy groups -OCH3 is 1. The first-order valence-electron chi connectivity index (χ1n) is 5.07. The highest BCUT2D eigenvalue weighted by atomic mass is 35.5. The predicted molar refractivity (Wildman–Crippen MR) is 63.1 cm³/mol. The van der Waals surface area contributed by atoms with Crippen molar-refractivity contribution < 1.29 is 14.3 Å². The van der Waals surface area contributed by atoms with Crippen LogP contribution in [-0.4, -0.2) is 29.9 Å². The molecule has 1 aromatic rings. The van der Waals surface area contributed by atoms with Gasteiger partial charge in [0, 0.05) is 13.0 Å². The average Bonchev–Trinajstić information content (AvgIpc) is 2.71. The van der Waals surface area contributed by atoms with Gasteiger partial charge in [-0.2, -0.15) is 5.01 Å². The zero-order valence-electron chi connectivity index (χ0n) is 9.22. The van der Waals surface area contributed by atoms with E-state index in [1.165, 1.54) is 0 Å². The first kappa shape index (κ1) is 11.7. The third-order valence-corrected chi connectivity index (χ3v) is 2.71. The van der Waals surface area contributed by atoms with Gasteiger partial charge in [0.25, 0.3) is 5.91 Å². The van der Waals surface area contributed by atoms with Gasteiger partial charge in [-0.15, -0.1) is 0 Å². The fraction of sp³-hybridized carbons (Fsp3) is 0.273. The van der Waals surface area contributed by atoms with Gasteiger partial charge in [-0.05, 0) is 35.9 Å². The molecule has 5 nitrogen and oxygen atoms in total. The number of carbonyl (C=O) groups excluding carboxylic acids is 2. The molecule has 2 rings (SSSR count). The number of amides is 2. The van der Waals surface area contributed by atoms with Crippen LogP contribution in [0.5, 0.6) is 5.75 Å². The minimum absolute atomic E-state index is 0.282. The zero-order chi connectivity index (χ0) is 12.4. The van der Waals surface area contributed by atoms with Crippen LogP contribution in [-0.2, 0) is 4.79 Å². The van der Waals surface area contributed by atoms with Crippen molar-refractivity contribution in [2.45, 2.75) is 6.42 Å². The summed E-state index contributed by atoms with van der Waals surface area (Å²) < 4.78 is 5.04. The van der Waals surface area contributed by atoms with Gasteiger partial charge in [0.1, 0.15) is 5.75 Å². The monoisotopic (exact) mass is 254 g/mol. The molecule has 0 atom stereocenters. The number of benzene rings is 1. The van der Waals surface area contributed by atoms with Crippen molar-refractivity contribution in [3.8, 4) is 5.75 Å². The van der Waals surface area contributed by atoms with Crippen molar-refractivity contribution in [2.24, 2.45) is 0 Å². The number of hydrogen-bond acceptors (Lipinski definition) is 4. The topological polar surface area (TPSA) is 49.9 Å². The van der Waals surface area contributed by atoms with Crippen molar-refractivity contribution in [2.75, 3.05) is 18.7 Å². The molecule has 0 spiro atoms. The fourth-order valence-corrected chi connectivity index (χ4v) is 1.92. The van der Waals surface area contributed by atoms with Crippen LogP contribution in [0.3, 0.4) is 0 Å². The highest BCUT2D eigenvalue weighted by molar-refractivity contribution is 6.64. The van der Waals surface area contributed by atoms with Crippen molar-refractivity contribution in [1.29, 1.82) is 0 Å². The summed E-state index contributed by atoms with van der Waals surface area (Å²) in [6.07, 6.45) is 0.282. The van der Waals surface area contributed by atoms with E-state index in [0.29, 0.717) is 12.3 Å². The predicted octanol–water partition coefficient (Wildman–Crippen LogP) is 2.01. The molecule has 0 unspecified atom stereocenters. The highest BCUT2D eigenvalue weighted by Gasteiger charge is 2.33. The summed E-state index contributed by atoms with van der Waals surface area (Å²) in [4.78, 5) is 22.6. The molecule has 17 heavy (non-hydrogen) atoms. The molecule has 1 aliphatic rings. The second-order valence-corrected chi connectivity index (χ2v) is 3.85. The number of ether oxygens (including phenoxy) is 1. The highest BCUT2D eigenvalue weighted by Crippen LogP contribution is 2.25. The second kappa shape index (κ2) is 4.63. The number of hydrogen-bond donors (Lipinski definition) is 0. The SMILES string of the molecule is COc1ccc(N2CCC(=O)N2C(=O)Cl)cc1. The number of hydrazine groups is 1. The smallest absolute Gasteiger partial charge is 0.342 e. The largest absolute Gasteiger partial charge is 0.497 e. The van der Waals surface area contributed by atoms with Gasteiger partial charge in [0.15, 0.2) is 0 Å². The molecule has 1 aromatic carbocycles. The van der Waals surface area contributed by atoms with Crippen LogP contribution >= 0.6 is 11.6 Å². The molecule has 0 radical (unpaired) electrons. The van der Waals surface area contributed by atoms with Crippen LogP contribution in [0.4, 0.5) is 10.5 Å². The lowest BCUT2D eigenvalue weighted by molar-refractivity contribution is -0.125. The molecule has 0 aromatic heterocycles. The third-order valence-electron chi connectivity index (χ3n) is 2.55. The maximum absolute atomic E-state index is 11.5. The van der Waals surface area contributed by atoms with Gasteiger partial charge in [-0.1, -0.05) is 0 Å². The van der Waals surface area contributed by atoms with E-state index in [1.807, 2.05) is 0 Å². The van der Waals surface area contributed by atoms with Crippen molar-refractivity contribution in [3.63, 3.8) is 0 Å². The lowest BCUT2D eigenvalue weighted by atomic mass is 10.3. The van der Waals surface area contributed by atoms with Crippen LogP contribution in [0.1, 0.15) is 6.42 Å².